The Balaban J connectivity index is 0.000000390. The van der Waals surface area contributed by atoms with E-state index in [1.807, 2.05) is 0 Å². The molecule has 18 heteroatoms. The molecule has 0 bridgehead atoms. The molecule has 0 N–H and O–H groups in total. The lowest BCUT2D eigenvalue weighted by molar-refractivity contribution is -0.518. The summed E-state index contributed by atoms with van der Waals surface area (Å²) in [5.41, 5.74) is 0.339. The van der Waals surface area contributed by atoms with Gasteiger partial charge in [-0.1, -0.05) is 91.0 Å². The number of fused-ring (bicyclic) bond motifs is 7. The van der Waals surface area contributed by atoms with Crippen molar-refractivity contribution in [3.63, 3.8) is 0 Å². The number of rotatable bonds is 6. The SMILES string of the molecule is CN(C)c1ccc(/C=C/c2cc[n+]3c(c2)=c2c(c(/C=C/c4ccc(N(C)C)c5ccccc45)cc4c2=C2CCCC=[N+]2CCC4)C=CC=3)c2ccccc12.O=S(=O)([O-])C(F)(F)F.O=S(=O)([O-])C(F)(F)F. The minimum absolute atomic E-state index is 1.07. The predicted octanol–water partition coefficient (Wildman–Crippen LogP) is 9.50. The molecule has 0 fully saturated rings. The Morgan fingerprint density at radius 3 is 1.66 bits per heavy atom. The first-order valence-corrected chi connectivity index (χ1v) is 24.8. The fourth-order valence-electron chi connectivity index (χ4n) is 8.84. The molecular formula is C52H48F6N4O6S2. The van der Waals surface area contributed by atoms with Gasteiger partial charge < -0.3 is 18.9 Å². The Bertz CT molecular complexity index is 3560. The number of hydrogen-bond acceptors (Lipinski definition) is 8. The summed E-state index contributed by atoms with van der Waals surface area (Å²) < 4.78 is 123. The number of anilines is 2. The van der Waals surface area contributed by atoms with Gasteiger partial charge in [-0.15, -0.1) is 0 Å². The Hall–Kier alpha value is -6.60. The number of benzene rings is 5. The van der Waals surface area contributed by atoms with Crippen LogP contribution in [0.5, 0.6) is 0 Å². The van der Waals surface area contributed by atoms with Gasteiger partial charge in [-0.2, -0.15) is 30.6 Å². The van der Waals surface area contributed by atoms with Gasteiger partial charge in [0.05, 0.1) is 10.4 Å². The van der Waals surface area contributed by atoms with E-state index in [4.69, 9.17) is 25.9 Å². The second kappa shape index (κ2) is 20.4. The highest BCUT2D eigenvalue weighted by molar-refractivity contribution is 7.86. The molecule has 0 amide bonds. The van der Waals surface area contributed by atoms with Crippen LogP contribution in [-0.2, 0) is 26.7 Å². The van der Waals surface area contributed by atoms with Crippen LogP contribution in [-0.4, -0.2) is 82.5 Å². The third-order valence-electron chi connectivity index (χ3n) is 12.0. The van der Waals surface area contributed by atoms with Crippen molar-refractivity contribution >= 4 is 95.4 Å². The van der Waals surface area contributed by atoms with Crippen molar-refractivity contribution in [1.29, 1.82) is 0 Å². The summed E-state index contributed by atoms with van der Waals surface area (Å²) in [6, 6.07) is 33.7. The van der Waals surface area contributed by atoms with Crippen molar-refractivity contribution in [3.05, 3.63) is 159 Å². The predicted molar refractivity (Wildman–Crippen MR) is 262 cm³/mol. The molecular weight excluding hydrogens is 955 g/mol. The molecule has 0 atom stereocenters. The molecule has 3 aliphatic heterocycles. The second-order valence-corrected chi connectivity index (χ2v) is 19.8. The Labute approximate surface area is 401 Å². The van der Waals surface area contributed by atoms with E-state index in [0.717, 1.165) is 32.2 Å². The summed E-state index contributed by atoms with van der Waals surface area (Å²) in [6.45, 7) is 1.08. The van der Waals surface area contributed by atoms with E-state index in [-0.39, 0.29) is 0 Å². The van der Waals surface area contributed by atoms with Crippen molar-refractivity contribution in [2.45, 2.75) is 43.1 Å². The zero-order valence-electron chi connectivity index (χ0n) is 38.4. The number of alkyl halides is 6. The standard InChI is InChI=1S/C50H48N4.2CHF3O3S/c1-51(2)45-26-24-36(40-14-5-7-16-43(40)45)21-20-35-28-32-54-31-12-18-42-38(23-22-37-25-27-46(52(3)4)44-17-8-6-15-41(37)44)34-39-13-11-30-53-29-10-9-19-47(53)49(39)50(42)48(54)33-35;2*2-1(3,4)8(5,6)7/h5-8,12,14-18,20-29,31-34H,9-11,13,19,30H2,1-4H3;2*(H,5,6,7)/q+2;;/p-2/b21-20+;;. The number of nitrogens with zero attached hydrogens (tertiary/aromatic N) is 4. The number of aryl methyl sites for hydroxylation is 1. The topological polar surface area (TPSA) is 130 Å². The van der Waals surface area contributed by atoms with Gasteiger partial charge in [0, 0.05) is 87.8 Å². The van der Waals surface area contributed by atoms with Gasteiger partial charge in [0.25, 0.3) is 0 Å². The Morgan fingerprint density at radius 2 is 1.13 bits per heavy atom. The number of halogens is 6. The molecule has 4 heterocycles. The van der Waals surface area contributed by atoms with Crippen molar-refractivity contribution in [1.82, 2.24) is 0 Å². The zero-order chi connectivity index (χ0) is 50.8. The number of allylic oxidation sites excluding steroid dienone is 1. The molecule has 9 rings (SSSR count). The fourth-order valence-corrected chi connectivity index (χ4v) is 8.84. The van der Waals surface area contributed by atoms with Crippen molar-refractivity contribution in [2.75, 3.05) is 44.5 Å². The van der Waals surface area contributed by atoms with Crippen molar-refractivity contribution in [2.24, 2.45) is 0 Å². The number of hydrogen-bond donors (Lipinski definition) is 0. The molecule has 3 aliphatic rings. The highest BCUT2D eigenvalue weighted by Gasteiger charge is 2.37. The van der Waals surface area contributed by atoms with Crippen LogP contribution in [0.3, 0.4) is 0 Å². The van der Waals surface area contributed by atoms with Gasteiger partial charge >= 0.3 is 11.0 Å². The normalized spacial score (nSPS) is 14.7. The highest BCUT2D eigenvalue weighted by atomic mass is 32.2. The lowest BCUT2D eigenvalue weighted by Crippen LogP contribution is -2.27. The molecule has 0 saturated heterocycles. The zero-order valence-corrected chi connectivity index (χ0v) is 40.1. The molecule has 70 heavy (non-hydrogen) atoms. The van der Waals surface area contributed by atoms with E-state index in [0.29, 0.717) is 0 Å². The lowest BCUT2D eigenvalue weighted by Gasteiger charge is -2.16. The van der Waals surface area contributed by atoms with Gasteiger partial charge in [-0.3, -0.25) is 0 Å². The van der Waals surface area contributed by atoms with E-state index in [1.165, 1.54) is 94.2 Å². The molecule has 0 radical (unpaired) electrons. The molecule has 0 spiro atoms. The van der Waals surface area contributed by atoms with Crippen LogP contribution in [0.2, 0.25) is 0 Å². The average molecular weight is 1000 g/mol. The van der Waals surface area contributed by atoms with E-state index >= 15 is 0 Å². The third kappa shape index (κ3) is 11.2. The first kappa shape index (κ1) is 51.3. The largest absolute Gasteiger partial charge is 0.741 e. The summed E-state index contributed by atoms with van der Waals surface area (Å²) in [5, 5.41) is 9.11. The van der Waals surface area contributed by atoms with Crippen molar-refractivity contribution in [3.8, 4) is 0 Å². The van der Waals surface area contributed by atoms with Gasteiger partial charge in [0.1, 0.15) is 12.8 Å². The lowest BCUT2D eigenvalue weighted by atomic mass is 9.92. The maximum absolute atomic E-state index is 10.7. The number of pyridine rings is 1. The molecule has 0 saturated carbocycles. The van der Waals surface area contributed by atoms with Crippen LogP contribution in [0.1, 0.15) is 59.1 Å². The number of aromatic nitrogens is 1. The van der Waals surface area contributed by atoms with E-state index in [1.54, 1.807) is 0 Å². The minimum Gasteiger partial charge on any atom is -0.741 e. The minimum atomic E-state index is -6.09. The summed E-state index contributed by atoms with van der Waals surface area (Å²) >= 11 is 0. The highest BCUT2D eigenvalue weighted by Crippen LogP contribution is 2.32. The van der Waals surface area contributed by atoms with Crippen LogP contribution in [0.25, 0.3) is 57.6 Å². The average Bonchev–Trinajstić information content (AvgIpc) is 3.60. The molecule has 366 valence electrons. The first-order valence-electron chi connectivity index (χ1n) is 22.0. The molecule has 0 aliphatic carbocycles. The Kier molecular flexibility index (Phi) is 14.9. The van der Waals surface area contributed by atoms with Gasteiger partial charge in [0.2, 0.25) is 5.35 Å². The van der Waals surface area contributed by atoms with Gasteiger partial charge in [-0.25, -0.2) is 21.4 Å². The molecule has 0 unspecified atom stereocenters. The van der Waals surface area contributed by atoms with E-state index < -0.39 is 31.3 Å². The smallest absolute Gasteiger partial charge is 0.485 e. The van der Waals surface area contributed by atoms with Crippen molar-refractivity contribution < 1.29 is 61.1 Å². The van der Waals surface area contributed by atoms with Gasteiger partial charge in [0.15, 0.2) is 38.3 Å². The summed E-state index contributed by atoms with van der Waals surface area (Å²) in [5.74, 6) is 0. The maximum Gasteiger partial charge on any atom is 0.485 e. The molecule has 5 aromatic carbocycles. The Morgan fingerprint density at radius 1 is 0.614 bits per heavy atom. The van der Waals surface area contributed by atoms with E-state index in [2.05, 4.69) is 193 Å². The van der Waals surface area contributed by atoms with Gasteiger partial charge in [-0.05, 0) is 75.2 Å². The molecule has 1 aromatic heterocycles. The molecule has 6 aromatic rings. The van der Waals surface area contributed by atoms with Crippen LogP contribution < -0.4 is 19.3 Å². The fraction of sp³-hybridized carbons (Fsp3) is 0.231. The van der Waals surface area contributed by atoms with Crippen LogP contribution in [0.4, 0.5) is 37.7 Å². The molecule has 10 nitrogen and oxygen atoms in total. The van der Waals surface area contributed by atoms with Crippen LogP contribution >= 0.6 is 0 Å². The van der Waals surface area contributed by atoms with E-state index in [9.17, 15) is 26.3 Å². The second-order valence-electron chi connectivity index (χ2n) is 17.1. The monoisotopic (exact) mass is 1000 g/mol. The maximum atomic E-state index is 10.7. The first-order chi connectivity index (χ1) is 32.9. The third-order valence-corrected chi connectivity index (χ3v) is 13.1. The summed E-state index contributed by atoms with van der Waals surface area (Å²) in [4.78, 5) is 4.40. The quantitative estimate of drug-likeness (QED) is 0.0531. The van der Waals surface area contributed by atoms with Crippen LogP contribution in [0, 0.1) is 16.8 Å². The van der Waals surface area contributed by atoms with Crippen LogP contribution in [0.15, 0.2) is 103 Å². The summed E-state index contributed by atoms with van der Waals surface area (Å²) in [7, 11) is -3.71. The summed E-state index contributed by atoms with van der Waals surface area (Å²) in [6.07, 6.45) is 26.4.